The largest absolute Gasteiger partial charge is 0.393 e. The topological polar surface area (TPSA) is 20.2 Å². The second-order valence-electron chi connectivity index (χ2n) is 13.7. The molecule has 0 aliphatic heterocycles. The summed E-state index contributed by atoms with van der Waals surface area (Å²) in [5, 5.41) is 10.8. The van der Waals surface area contributed by atoms with Gasteiger partial charge in [-0.15, -0.1) is 0 Å². The summed E-state index contributed by atoms with van der Waals surface area (Å²) in [7, 11) is 0. The highest BCUT2D eigenvalue weighted by Crippen LogP contribution is 2.76. The van der Waals surface area contributed by atoms with Crippen molar-refractivity contribution in [3.63, 3.8) is 0 Å². The molecule has 0 spiro atoms. The van der Waals surface area contributed by atoms with Crippen LogP contribution >= 0.6 is 0 Å². The molecule has 28 heavy (non-hydrogen) atoms. The van der Waals surface area contributed by atoms with Crippen LogP contribution in [0.5, 0.6) is 0 Å². The predicted molar refractivity (Wildman–Crippen MR) is 117 cm³/mol. The monoisotopic (exact) mass is 386 g/mol. The summed E-state index contributed by atoms with van der Waals surface area (Å²) in [5.74, 6) is 3.52. The molecule has 5 saturated carbocycles. The van der Waals surface area contributed by atoms with E-state index in [1.54, 1.807) is 0 Å². The van der Waals surface area contributed by atoms with E-state index >= 15 is 0 Å². The van der Waals surface area contributed by atoms with Gasteiger partial charge < -0.3 is 5.11 Å². The van der Waals surface area contributed by atoms with E-state index in [1.165, 1.54) is 64.2 Å². The number of aliphatic hydroxyl groups is 1. The van der Waals surface area contributed by atoms with E-state index in [0.29, 0.717) is 27.6 Å². The zero-order chi connectivity index (χ0) is 20.2. The molecule has 4 unspecified atom stereocenters. The van der Waals surface area contributed by atoms with Crippen molar-refractivity contribution in [3.05, 3.63) is 0 Å². The Morgan fingerprint density at radius 3 is 2.11 bits per heavy atom. The highest BCUT2D eigenvalue weighted by Gasteiger charge is 2.69. The van der Waals surface area contributed by atoms with E-state index in [2.05, 4.69) is 41.5 Å². The van der Waals surface area contributed by atoms with Crippen molar-refractivity contribution < 1.29 is 5.11 Å². The number of hydrogen-bond acceptors (Lipinski definition) is 1. The third-order valence-corrected chi connectivity index (χ3v) is 12.8. The average molecular weight is 387 g/mol. The third-order valence-electron chi connectivity index (χ3n) is 12.8. The van der Waals surface area contributed by atoms with Crippen molar-refractivity contribution in [3.8, 4) is 0 Å². The molecule has 1 nitrogen and oxygen atoms in total. The van der Waals surface area contributed by atoms with Crippen molar-refractivity contribution >= 4 is 0 Å². The van der Waals surface area contributed by atoms with Gasteiger partial charge in [-0.1, -0.05) is 48.0 Å². The maximum atomic E-state index is 10.8. The molecule has 0 aromatic heterocycles. The van der Waals surface area contributed by atoms with Crippen LogP contribution in [0.4, 0.5) is 0 Å². The quantitative estimate of drug-likeness (QED) is 0.466. The molecule has 9 atom stereocenters. The molecule has 0 heterocycles. The molecule has 5 rings (SSSR count). The van der Waals surface area contributed by atoms with Gasteiger partial charge >= 0.3 is 0 Å². The SMILES string of the molecule is CC1(C)C2CC[C@]3(C)C(CCC4C5CCC[C@]5(C)CC[C@]43C)[C@@]2(C)CC[C@@H]1O. The fourth-order valence-corrected chi connectivity index (χ4v) is 10.9. The molecular formula is C27H46O. The van der Waals surface area contributed by atoms with E-state index in [4.69, 9.17) is 0 Å². The van der Waals surface area contributed by atoms with Crippen LogP contribution in [0.25, 0.3) is 0 Å². The van der Waals surface area contributed by atoms with Gasteiger partial charge in [0.2, 0.25) is 0 Å². The molecule has 0 aromatic rings. The Balaban J connectivity index is 1.53. The first-order chi connectivity index (χ1) is 13.0. The molecule has 5 aliphatic carbocycles. The fraction of sp³-hybridized carbons (Fsp3) is 1.00. The summed E-state index contributed by atoms with van der Waals surface area (Å²) >= 11 is 0. The first-order valence-electron chi connectivity index (χ1n) is 12.7. The average Bonchev–Trinajstić information content (AvgIpc) is 3.01. The highest BCUT2D eigenvalue weighted by molar-refractivity contribution is 5.18. The molecule has 5 fully saturated rings. The Kier molecular flexibility index (Phi) is 4.12. The second kappa shape index (κ2) is 5.80. The van der Waals surface area contributed by atoms with E-state index in [1.807, 2.05) is 0 Å². The van der Waals surface area contributed by atoms with Gasteiger partial charge in [-0.3, -0.25) is 0 Å². The van der Waals surface area contributed by atoms with Crippen LogP contribution in [0.15, 0.2) is 0 Å². The number of aliphatic hydroxyl groups excluding tert-OH is 1. The molecule has 160 valence electrons. The van der Waals surface area contributed by atoms with Gasteiger partial charge in [0, 0.05) is 0 Å². The van der Waals surface area contributed by atoms with Crippen molar-refractivity contribution in [1.29, 1.82) is 0 Å². The number of rotatable bonds is 0. The lowest BCUT2D eigenvalue weighted by Gasteiger charge is -2.72. The lowest BCUT2D eigenvalue weighted by atomic mass is 9.32. The van der Waals surface area contributed by atoms with Crippen LogP contribution in [0.3, 0.4) is 0 Å². The van der Waals surface area contributed by atoms with Crippen LogP contribution in [0, 0.1) is 50.7 Å². The zero-order valence-corrected chi connectivity index (χ0v) is 19.6. The van der Waals surface area contributed by atoms with E-state index in [-0.39, 0.29) is 11.5 Å². The maximum absolute atomic E-state index is 10.8. The van der Waals surface area contributed by atoms with Gasteiger partial charge in [-0.05, 0) is 115 Å². The summed E-state index contributed by atoms with van der Waals surface area (Å²) in [5.41, 5.74) is 2.22. The van der Waals surface area contributed by atoms with Crippen LogP contribution in [0.1, 0.15) is 112 Å². The molecule has 0 radical (unpaired) electrons. The Hall–Kier alpha value is -0.0400. The summed E-state index contributed by atoms with van der Waals surface area (Å²) in [6, 6.07) is 0. The number of fused-ring (bicyclic) bond motifs is 7. The zero-order valence-electron chi connectivity index (χ0n) is 19.6. The van der Waals surface area contributed by atoms with Crippen LogP contribution in [0.2, 0.25) is 0 Å². The van der Waals surface area contributed by atoms with Crippen molar-refractivity contribution in [1.82, 2.24) is 0 Å². The highest BCUT2D eigenvalue weighted by atomic mass is 16.3. The smallest absolute Gasteiger partial charge is 0.0594 e. The van der Waals surface area contributed by atoms with E-state index in [9.17, 15) is 5.11 Å². The Morgan fingerprint density at radius 1 is 0.607 bits per heavy atom. The van der Waals surface area contributed by atoms with Crippen molar-refractivity contribution in [2.24, 2.45) is 50.7 Å². The summed E-state index contributed by atoms with van der Waals surface area (Å²) < 4.78 is 0. The van der Waals surface area contributed by atoms with Gasteiger partial charge in [0.25, 0.3) is 0 Å². The van der Waals surface area contributed by atoms with Gasteiger partial charge in [-0.2, -0.15) is 0 Å². The normalized spacial score (nSPS) is 60.3. The predicted octanol–water partition coefficient (Wildman–Crippen LogP) is 7.22. The summed E-state index contributed by atoms with van der Waals surface area (Å²) in [4.78, 5) is 0. The van der Waals surface area contributed by atoms with Crippen LogP contribution < -0.4 is 0 Å². The minimum atomic E-state index is -0.101. The van der Waals surface area contributed by atoms with Crippen molar-refractivity contribution in [2.75, 3.05) is 0 Å². The van der Waals surface area contributed by atoms with Gasteiger partial charge in [-0.25, -0.2) is 0 Å². The first kappa shape index (κ1) is 19.9. The maximum Gasteiger partial charge on any atom is 0.0594 e. The minimum absolute atomic E-state index is 0.0860. The molecule has 1 N–H and O–H groups in total. The standard InChI is InChI=1S/C27H46O/c1-23(2)20-11-15-27(6)21(25(20,4)14-12-22(23)28)10-9-19-18-8-7-13-24(18,3)16-17-26(19,27)5/h18-22,28H,7-17H2,1-6H3/t18?,19?,20?,21?,22-,24+,25-,26+,27+/m0/s1. The van der Waals surface area contributed by atoms with Crippen molar-refractivity contribution in [2.45, 2.75) is 118 Å². The van der Waals surface area contributed by atoms with E-state index < -0.39 is 0 Å². The van der Waals surface area contributed by atoms with Gasteiger partial charge in [0.05, 0.1) is 6.10 Å². The molecule has 0 bridgehead atoms. The third kappa shape index (κ3) is 2.19. The Morgan fingerprint density at radius 2 is 1.36 bits per heavy atom. The second-order valence-corrected chi connectivity index (χ2v) is 13.7. The van der Waals surface area contributed by atoms with Gasteiger partial charge in [0.15, 0.2) is 0 Å². The molecule has 0 amide bonds. The van der Waals surface area contributed by atoms with Crippen LogP contribution in [-0.2, 0) is 0 Å². The lowest BCUT2D eigenvalue weighted by molar-refractivity contribution is -0.244. The molecule has 0 saturated heterocycles. The molecule has 5 aliphatic rings. The summed E-state index contributed by atoms with van der Waals surface area (Å²) in [6.45, 7) is 15.5. The Labute approximate surface area is 174 Å². The molecule has 0 aromatic carbocycles. The van der Waals surface area contributed by atoms with E-state index in [0.717, 1.165) is 24.2 Å². The first-order valence-corrected chi connectivity index (χ1v) is 12.7. The van der Waals surface area contributed by atoms with Crippen LogP contribution in [-0.4, -0.2) is 11.2 Å². The molecule has 1 heteroatoms. The number of hydrogen-bond donors (Lipinski definition) is 1. The van der Waals surface area contributed by atoms with Gasteiger partial charge in [0.1, 0.15) is 0 Å². The fourth-order valence-electron chi connectivity index (χ4n) is 10.9. The molecular weight excluding hydrogens is 340 g/mol. The summed E-state index contributed by atoms with van der Waals surface area (Å²) in [6.07, 6.45) is 15.3. The lowest BCUT2D eigenvalue weighted by Crippen LogP contribution is -2.66. The Bertz CT molecular complexity index is 653. The minimum Gasteiger partial charge on any atom is -0.393 e.